The minimum absolute atomic E-state index is 0.251. The van der Waals surface area contributed by atoms with Crippen LogP contribution in [0.15, 0.2) is 22.1 Å². The first-order chi connectivity index (χ1) is 5.83. The normalized spacial score (nSPS) is 10.1. The monoisotopic (exact) mass is 185 g/mol. The van der Waals surface area contributed by atoms with Gasteiger partial charge in [-0.3, -0.25) is 4.79 Å². The van der Waals surface area contributed by atoms with Crippen molar-refractivity contribution in [2.45, 2.75) is 25.0 Å². The number of carbonyl (C=O) groups is 1. The Kier molecular flexibility index (Phi) is 3.87. The molecule has 0 unspecified atom stereocenters. The highest BCUT2D eigenvalue weighted by Crippen LogP contribution is 2.15. The lowest BCUT2D eigenvalue weighted by molar-refractivity contribution is -0.116. The van der Waals surface area contributed by atoms with Crippen molar-refractivity contribution >= 4 is 17.5 Å². The number of hydrogen-bond donors (Lipinski definition) is 0. The van der Waals surface area contributed by atoms with E-state index in [1.54, 1.807) is 6.20 Å². The Morgan fingerprint density at radius 3 is 3.17 bits per heavy atom. The molecular formula is C8H11NO2S. The molecule has 0 aliphatic heterocycles. The molecule has 66 valence electrons. The molecule has 0 saturated heterocycles. The van der Waals surface area contributed by atoms with Crippen LogP contribution < -0.4 is 0 Å². The van der Waals surface area contributed by atoms with Gasteiger partial charge < -0.3 is 4.42 Å². The molecule has 1 heterocycles. The first-order valence-corrected chi connectivity index (χ1v) is 4.85. The van der Waals surface area contributed by atoms with Gasteiger partial charge in [0.1, 0.15) is 12.0 Å². The summed E-state index contributed by atoms with van der Waals surface area (Å²) < 4.78 is 4.96. The van der Waals surface area contributed by atoms with Gasteiger partial charge in [0.05, 0.1) is 11.9 Å². The summed E-state index contributed by atoms with van der Waals surface area (Å²) >= 11 is 1.35. The molecular weight excluding hydrogens is 174 g/mol. The quantitative estimate of drug-likeness (QED) is 0.659. The van der Waals surface area contributed by atoms with Crippen molar-refractivity contribution in [1.82, 2.24) is 4.98 Å². The van der Waals surface area contributed by atoms with Crippen molar-refractivity contribution < 1.29 is 9.21 Å². The second kappa shape index (κ2) is 4.98. The SMILES string of the molecule is CCCC(=O)CSc1ncco1. The van der Waals surface area contributed by atoms with E-state index in [1.807, 2.05) is 6.92 Å². The van der Waals surface area contributed by atoms with Crippen molar-refractivity contribution in [1.29, 1.82) is 0 Å². The molecule has 1 aromatic rings. The third-order valence-corrected chi connectivity index (χ3v) is 2.21. The highest BCUT2D eigenvalue weighted by atomic mass is 32.2. The Balaban J connectivity index is 2.22. The average molecular weight is 185 g/mol. The summed E-state index contributed by atoms with van der Waals surface area (Å²) in [6, 6.07) is 0. The summed E-state index contributed by atoms with van der Waals surface area (Å²) in [6.45, 7) is 1.99. The fourth-order valence-electron chi connectivity index (χ4n) is 0.775. The number of oxazole rings is 1. The highest BCUT2D eigenvalue weighted by Gasteiger charge is 2.03. The van der Waals surface area contributed by atoms with Crippen LogP contribution in [0.3, 0.4) is 0 Å². The molecule has 12 heavy (non-hydrogen) atoms. The van der Waals surface area contributed by atoms with Crippen LogP contribution in [0, 0.1) is 0 Å². The Morgan fingerprint density at radius 2 is 2.58 bits per heavy atom. The zero-order chi connectivity index (χ0) is 8.81. The van der Waals surface area contributed by atoms with E-state index in [4.69, 9.17) is 4.42 Å². The largest absolute Gasteiger partial charge is 0.440 e. The number of ketones is 1. The molecule has 4 heteroatoms. The second-order valence-corrected chi connectivity index (χ2v) is 3.30. The van der Waals surface area contributed by atoms with E-state index in [1.165, 1.54) is 18.0 Å². The molecule has 0 atom stereocenters. The van der Waals surface area contributed by atoms with Crippen molar-refractivity contribution in [3.05, 3.63) is 12.5 Å². The van der Waals surface area contributed by atoms with E-state index in [-0.39, 0.29) is 5.78 Å². The Hall–Kier alpha value is -0.770. The molecule has 0 radical (unpaired) electrons. The van der Waals surface area contributed by atoms with Gasteiger partial charge in [-0.1, -0.05) is 18.7 Å². The Labute approximate surface area is 75.6 Å². The van der Waals surface area contributed by atoms with Gasteiger partial charge in [0.15, 0.2) is 0 Å². The van der Waals surface area contributed by atoms with E-state index < -0.39 is 0 Å². The maximum Gasteiger partial charge on any atom is 0.255 e. The van der Waals surface area contributed by atoms with Crippen LogP contribution in [0.25, 0.3) is 0 Å². The highest BCUT2D eigenvalue weighted by molar-refractivity contribution is 7.99. The van der Waals surface area contributed by atoms with Crippen LogP contribution in [-0.2, 0) is 4.79 Å². The average Bonchev–Trinajstić information content (AvgIpc) is 2.53. The van der Waals surface area contributed by atoms with Crippen LogP contribution in [0.5, 0.6) is 0 Å². The molecule has 1 aromatic heterocycles. The van der Waals surface area contributed by atoms with Gasteiger partial charge in [0.25, 0.3) is 5.22 Å². The molecule has 0 aliphatic rings. The zero-order valence-corrected chi connectivity index (χ0v) is 7.76. The molecule has 3 nitrogen and oxygen atoms in total. The van der Waals surface area contributed by atoms with Gasteiger partial charge in [-0.15, -0.1) is 0 Å². The summed E-state index contributed by atoms with van der Waals surface area (Å²) in [5.41, 5.74) is 0. The molecule has 0 N–H and O–H groups in total. The lowest BCUT2D eigenvalue weighted by Crippen LogP contribution is -1.99. The third-order valence-electron chi connectivity index (χ3n) is 1.30. The maximum absolute atomic E-state index is 11.0. The zero-order valence-electron chi connectivity index (χ0n) is 6.95. The van der Waals surface area contributed by atoms with E-state index in [0.29, 0.717) is 17.4 Å². The number of hydrogen-bond acceptors (Lipinski definition) is 4. The van der Waals surface area contributed by atoms with Crippen molar-refractivity contribution in [2.75, 3.05) is 5.75 Å². The van der Waals surface area contributed by atoms with Gasteiger partial charge in [-0.25, -0.2) is 4.98 Å². The smallest absolute Gasteiger partial charge is 0.255 e. The van der Waals surface area contributed by atoms with E-state index in [2.05, 4.69) is 4.98 Å². The first-order valence-electron chi connectivity index (χ1n) is 3.87. The molecule has 1 rings (SSSR count). The summed E-state index contributed by atoms with van der Waals surface area (Å²) in [4.78, 5) is 14.9. The van der Waals surface area contributed by atoms with E-state index in [0.717, 1.165) is 6.42 Å². The lowest BCUT2D eigenvalue weighted by atomic mass is 10.3. The first kappa shape index (κ1) is 9.32. The van der Waals surface area contributed by atoms with Crippen LogP contribution >= 0.6 is 11.8 Å². The number of thioether (sulfide) groups is 1. The molecule has 0 saturated carbocycles. The minimum atomic E-state index is 0.251. The lowest BCUT2D eigenvalue weighted by Gasteiger charge is -1.94. The van der Waals surface area contributed by atoms with Gasteiger partial charge in [0, 0.05) is 6.42 Å². The fourth-order valence-corrected chi connectivity index (χ4v) is 1.46. The number of aromatic nitrogens is 1. The summed E-state index contributed by atoms with van der Waals surface area (Å²) in [5, 5.41) is 0.569. The van der Waals surface area contributed by atoms with E-state index in [9.17, 15) is 4.79 Å². The maximum atomic E-state index is 11.0. The second-order valence-electron chi connectivity index (χ2n) is 2.38. The summed E-state index contributed by atoms with van der Waals surface area (Å²) in [6.07, 6.45) is 4.64. The predicted octanol–water partition coefficient (Wildman–Crippen LogP) is 2.14. The number of rotatable bonds is 5. The van der Waals surface area contributed by atoms with Crippen LogP contribution in [0.2, 0.25) is 0 Å². The number of Topliss-reactive ketones (excluding diaryl/α,β-unsaturated/α-hetero) is 1. The Morgan fingerprint density at radius 1 is 1.75 bits per heavy atom. The molecule has 0 amide bonds. The van der Waals surface area contributed by atoms with Crippen LogP contribution in [0.4, 0.5) is 0 Å². The third kappa shape index (κ3) is 3.09. The summed E-state index contributed by atoms with van der Waals surface area (Å²) in [5.74, 6) is 0.717. The Bertz CT molecular complexity index is 233. The topological polar surface area (TPSA) is 43.1 Å². The fraction of sp³-hybridized carbons (Fsp3) is 0.500. The standard InChI is InChI=1S/C8H11NO2S/c1-2-3-7(10)6-12-8-9-4-5-11-8/h4-5H,2-3,6H2,1H3. The number of nitrogens with zero attached hydrogens (tertiary/aromatic N) is 1. The van der Waals surface area contributed by atoms with Gasteiger partial charge in [-0.05, 0) is 6.42 Å². The molecule has 0 aromatic carbocycles. The molecule has 0 spiro atoms. The minimum Gasteiger partial charge on any atom is -0.440 e. The number of carbonyl (C=O) groups excluding carboxylic acids is 1. The van der Waals surface area contributed by atoms with E-state index >= 15 is 0 Å². The van der Waals surface area contributed by atoms with Gasteiger partial charge >= 0.3 is 0 Å². The van der Waals surface area contributed by atoms with Crippen molar-refractivity contribution in [3.8, 4) is 0 Å². The molecule has 0 fully saturated rings. The summed E-state index contributed by atoms with van der Waals surface area (Å²) in [7, 11) is 0. The molecule has 0 aliphatic carbocycles. The van der Waals surface area contributed by atoms with Crippen LogP contribution in [-0.4, -0.2) is 16.5 Å². The van der Waals surface area contributed by atoms with Crippen molar-refractivity contribution in [3.63, 3.8) is 0 Å². The van der Waals surface area contributed by atoms with Crippen LogP contribution in [0.1, 0.15) is 19.8 Å². The van der Waals surface area contributed by atoms with Gasteiger partial charge in [-0.2, -0.15) is 0 Å². The molecule has 0 bridgehead atoms. The van der Waals surface area contributed by atoms with Gasteiger partial charge in [0.2, 0.25) is 0 Å². The van der Waals surface area contributed by atoms with Crippen molar-refractivity contribution in [2.24, 2.45) is 0 Å². The predicted molar refractivity (Wildman–Crippen MR) is 47.1 cm³/mol.